The fourth-order valence-corrected chi connectivity index (χ4v) is 2.00. The van der Waals surface area contributed by atoms with Crippen molar-refractivity contribution < 1.29 is 4.79 Å². The standard InChI is InChI=1S/C16H25NO/c1-4-5-6-11-17(3)12-10-16(18)15-9-7-8-14(2)13-15/h7-9,13H,4-6,10-12H2,1-3H3. The van der Waals surface area contributed by atoms with E-state index in [0.29, 0.717) is 6.42 Å². The molecule has 0 heterocycles. The fraction of sp³-hybridized carbons (Fsp3) is 0.562. The summed E-state index contributed by atoms with van der Waals surface area (Å²) in [5.74, 6) is 0.251. The number of unbranched alkanes of at least 4 members (excludes halogenated alkanes) is 2. The van der Waals surface area contributed by atoms with Crippen LogP contribution < -0.4 is 0 Å². The smallest absolute Gasteiger partial charge is 0.164 e. The van der Waals surface area contributed by atoms with Gasteiger partial charge in [0.1, 0.15) is 0 Å². The highest BCUT2D eigenvalue weighted by Gasteiger charge is 2.07. The molecule has 0 saturated heterocycles. The van der Waals surface area contributed by atoms with Crippen LogP contribution in [0.15, 0.2) is 24.3 Å². The summed E-state index contributed by atoms with van der Waals surface area (Å²) in [7, 11) is 2.10. The van der Waals surface area contributed by atoms with Crippen molar-refractivity contribution >= 4 is 5.78 Å². The second-order valence-corrected chi connectivity index (χ2v) is 5.05. The van der Waals surface area contributed by atoms with Crippen molar-refractivity contribution in [2.75, 3.05) is 20.1 Å². The third-order valence-corrected chi connectivity index (χ3v) is 3.20. The van der Waals surface area contributed by atoms with Gasteiger partial charge < -0.3 is 4.90 Å². The largest absolute Gasteiger partial charge is 0.306 e. The summed E-state index contributed by atoms with van der Waals surface area (Å²) in [5.41, 5.74) is 1.99. The molecule has 0 fully saturated rings. The summed E-state index contributed by atoms with van der Waals surface area (Å²) in [6, 6.07) is 7.85. The van der Waals surface area contributed by atoms with E-state index in [4.69, 9.17) is 0 Å². The molecule has 0 amide bonds. The van der Waals surface area contributed by atoms with Gasteiger partial charge in [0.15, 0.2) is 5.78 Å². The third-order valence-electron chi connectivity index (χ3n) is 3.20. The van der Waals surface area contributed by atoms with Crippen molar-refractivity contribution in [1.82, 2.24) is 4.90 Å². The molecule has 1 rings (SSSR count). The number of aryl methyl sites for hydroxylation is 1. The van der Waals surface area contributed by atoms with Crippen LogP contribution in [-0.2, 0) is 0 Å². The molecule has 1 aromatic carbocycles. The molecule has 0 unspecified atom stereocenters. The maximum atomic E-state index is 12.0. The lowest BCUT2D eigenvalue weighted by Gasteiger charge is -2.15. The quantitative estimate of drug-likeness (QED) is 0.516. The van der Waals surface area contributed by atoms with Gasteiger partial charge in [0.2, 0.25) is 0 Å². The van der Waals surface area contributed by atoms with Crippen molar-refractivity contribution in [3.63, 3.8) is 0 Å². The van der Waals surface area contributed by atoms with Crippen LogP contribution in [0.4, 0.5) is 0 Å². The minimum Gasteiger partial charge on any atom is -0.306 e. The number of nitrogens with zero attached hydrogens (tertiary/aromatic N) is 1. The Bertz CT molecular complexity index is 373. The summed E-state index contributed by atoms with van der Waals surface area (Å²) < 4.78 is 0. The molecule has 0 radical (unpaired) electrons. The molecule has 0 saturated carbocycles. The van der Waals surface area contributed by atoms with Crippen molar-refractivity contribution in [2.24, 2.45) is 0 Å². The van der Waals surface area contributed by atoms with Gasteiger partial charge in [-0.1, -0.05) is 43.5 Å². The first kappa shape index (κ1) is 14.9. The lowest BCUT2D eigenvalue weighted by molar-refractivity contribution is 0.0968. The van der Waals surface area contributed by atoms with Gasteiger partial charge in [-0.25, -0.2) is 0 Å². The highest BCUT2D eigenvalue weighted by molar-refractivity contribution is 5.96. The average molecular weight is 247 g/mol. The molecule has 100 valence electrons. The summed E-state index contributed by atoms with van der Waals surface area (Å²) in [4.78, 5) is 14.3. The van der Waals surface area contributed by atoms with Crippen LogP contribution in [-0.4, -0.2) is 30.8 Å². The molecule has 2 nitrogen and oxygen atoms in total. The Kier molecular flexibility index (Phi) is 6.66. The van der Waals surface area contributed by atoms with Gasteiger partial charge in [0, 0.05) is 18.5 Å². The molecule has 18 heavy (non-hydrogen) atoms. The average Bonchev–Trinajstić information content (AvgIpc) is 2.36. The van der Waals surface area contributed by atoms with Crippen molar-refractivity contribution in [3.8, 4) is 0 Å². The van der Waals surface area contributed by atoms with Crippen LogP contribution in [0.2, 0.25) is 0 Å². The zero-order valence-electron chi connectivity index (χ0n) is 11.9. The van der Waals surface area contributed by atoms with Gasteiger partial charge in [-0.15, -0.1) is 0 Å². The molecule has 0 bridgehead atoms. The SMILES string of the molecule is CCCCCN(C)CCC(=O)c1cccc(C)c1. The van der Waals surface area contributed by atoms with Gasteiger partial charge >= 0.3 is 0 Å². The minimum absolute atomic E-state index is 0.251. The molecule has 2 heteroatoms. The molecule has 0 spiro atoms. The first-order valence-electron chi connectivity index (χ1n) is 6.92. The topological polar surface area (TPSA) is 20.3 Å². The lowest BCUT2D eigenvalue weighted by Crippen LogP contribution is -2.23. The number of carbonyl (C=O) groups excluding carboxylic acids is 1. The van der Waals surface area contributed by atoms with Crippen LogP contribution in [0.3, 0.4) is 0 Å². The monoisotopic (exact) mass is 247 g/mol. The summed E-state index contributed by atoms with van der Waals surface area (Å²) >= 11 is 0. The van der Waals surface area contributed by atoms with E-state index < -0.39 is 0 Å². The molecule has 0 aromatic heterocycles. The number of ketones is 1. The third kappa shape index (κ3) is 5.46. The maximum absolute atomic E-state index is 12.0. The molecule has 0 atom stereocenters. The summed E-state index contributed by atoms with van der Waals surface area (Å²) in [6.07, 6.45) is 4.37. The number of hydrogen-bond donors (Lipinski definition) is 0. The molecule has 0 N–H and O–H groups in total. The molecule has 0 aliphatic heterocycles. The number of Topliss-reactive ketones (excluding diaryl/α,β-unsaturated/α-hetero) is 1. The van der Waals surface area contributed by atoms with E-state index in [1.54, 1.807) is 0 Å². The Morgan fingerprint density at radius 1 is 1.22 bits per heavy atom. The fourth-order valence-electron chi connectivity index (χ4n) is 2.00. The van der Waals surface area contributed by atoms with E-state index in [0.717, 1.165) is 24.2 Å². The van der Waals surface area contributed by atoms with Crippen LogP contribution >= 0.6 is 0 Å². The number of benzene rings is 1. The van der Waals surface area contributed by atoms with E-state index in [9.17, 15) is 4.79 Å². The molecule has 0 aliphatic carbocycles. The van der Waals surface area contributed by atoms with Gasteiger partial charge in [0.05, 0.1) is 0 Å². The Morgan fingerprint density at radius 3 is 2.67 bits per heavy atom. The lowest BCUT2D eigenvalue weighted by atomic mass is 10.1. The zero-order chi connectivity index (χ0) is 13.4. The highest BCUT2D eigenvalue weighted by Crippen LogP contribution is 2.07. The molecular formula is C16H25NO. The minimum atomic E-state index is 0.251. The van der Waals surface area contributed by atoms with Gasteiger partial charge in [-0.2, -0.15) is 0 Å². The van der Waals surface area contributed by atoms with Gasteiger partial charge in [-0.3, -0.25) is 4.79 Å². The Balaban J connectivity index is 2.32. The highest BCUT2D eigenvalue weighted by atomic mass is 16.1. The van der Waals surface area contributed by atoms with E-state index in [1.807, 2.05) is 31.2 Å². The van der Waals surface area contributed by atoms with E-state index >= 15 is 0 Å². The Hall–Kier alpha value is -1.15. The van der Waals surface area contributed by atoms with Crippen molar-refractivity contribution in [3.05, 3.63) is 35.4 Å². The number of rotatable bonds is 8. The summed E-state index contributed by atoms with van der Waals surface area (Å²) in [6.45, 7) is 6.18. The van der Waals surface area contributed by atoms with Crippen molar-refractivity contribution in [1.29, 1.82) is 0 Å². The van der Waals surface area contributed by atoms with E-state index in [2.05, 4.69) is 18.9 Å². The van der Waals surface area contributed by atoms with Gasteiger partial charge in [-0.05, 0) is 33.0 Å². The summed E-state index contributed by atoms with van der Waals surface area (Å²) in [5, 5.41) is 0. The van der Waals surface area contributed by atoms with E-state index in [1.165, 1.54) is 19.3 Å². The van der Waals surface area contributed by atoms with Crippen LogP contribution in [0.5, 0.6) is 0 Å². The molecule has 0 aliphatic rings. The predicted molar refractivity (Wildman–Crippen MR) is 77.1 cm³/mol. The Labute approximate surface area is 111 Å². The van der Waals surface area contributed by atoms with Crippen LogP contribution in [0, 0.1) is 6.92 Å². The first-order chi connectivity index (χ1) is 8.63. The molecule has 1 aromatic rings. The zero-order valence-corrected chi connectivity index (χ0v) is 11.9. The maximum Gasteiger partial charge on any atom is 0.164 e. The van der Waals surface area contributed by atoms with Gasteiger partial charge in [0.25, 0.3) is 0 Å². The Morgan fingerprint density at radius 2 is 2.00 bits per heavy atom. The van der Waals surface area contributed by atoms with Crippen LogP contribution in [0.1, 0.15) is 48.5 Å². The first-order valence-corrected chi connectivity index (χ1v) is 6.92. The normalized spacial score (nSPS) is 10.9. The van der Waals surface area contributed by atoms with Crippen molar-refractivity contribution in [2.45, 2.75) is 39.5 Å². The second-order valence-electron chi connectivity index (χ2n) is 5.05. The van der Waals surface area contributed by atoms with Crippen LogP contribution in [0.25, 0.3) is 0 Å². The number of carbonyl (C=O) groups is 1. The number of hydrogen-bond acceptors (Lipinski definition) is 2. The predicted octanol–water partition coefficient (Wildman–Crippen LogP) is 3.69. The van der Waals surface area contributed by atoms with E-state index in [-0.39, 0.29) is 5.78 Å². The molecular weight excluding hydrogens is 222 g/mol. The second kappa shape index (κ2) is 8.04.